The number of aliphatic imine (C=N–C) groups is 1. The molecule has 0 unspecified atom stereocenters. The summed E-state index contributed by atoms with van der Waals surface area (Å²) in [7, 11) is 0. The number of nitrogens with zero attached hydrogens (tertiary/aromatic N) is 3. The lowest BCUT2D eigenvalue weighted by molar-refractivity contribution is -0.384. The number of nitro benzene ring substituents is 1. The summed E-state index contributed by atoms with van der Waals surface area (Å²) in [5, 5.41) is 26.2. The number of nitro groups is 1. The van der Waals surface area contributed by atoms with Gasteiger partial charge in [0.15, 0.2) is 5.88 Å². The predicted molar refractivity (Wildman–Crippen MR) is 101 cm³/mol. The minimum absolute atomic E-state index is 0.0864. The van der Waals surface area contributed by atoms with E-state index in [-0.39, 0.29) is 18.2 Å². The van der Waals surface area contributed by atoms with Gasteiger partial charge in [-0.2, -0.15) is 0 Å². The van der Waals surface area contributed by atoms with Gasteiger partial charge in [-0.3, -0.25) is 10.1 Å². The van der Waals surface area contributed by atoms with Crippen molar-refractivity contribution in [1.29, 1.82) is 0 Å². The number of hydrogen-bond donors (Lipinski definition) is 3. The fourth-order valence-electron chi connectivity index (χ4n) is 3.02. The average Bonchev–Trinajstić information content (AvgIpc) is 3.17. The van der Waals surface area contributed by atoms with Gasteiger partial charge in [0.1, 0.15) is 18.0 Å². The van der Waals surface area contributed by atoms with E-state index in [0.717, 1.165) is 5.56 Å². The van der Waals surface area contributed by atoms with Gasteiger partial charge >= 0.3 is 0 Å². The molecule has 4 rings (SSSR count). The second kappa shape index (κ2) is 6.54. The second-order valence-electron chi connectivity index (χ2n) is 5.87. The number of nitrogens with one attached hydrogen (secondary N) is 1. The zero-order valence-electron chi connectivity index (χ0n) is 14.0. The Bertz CT molecular complexity index is 1120. The number of para-hydroxylation sites is 1. The SMILES string of the molecule is NCCO/N=C1/C(c2c(O)[nH]c3ccc([N+](=O)[O-])cc23)=Nc2ccccc21. The largest absolute Gasteiger partial charge is 0.494 e. The maximum Gasteiger partial charge on any atom is 0.270 e. The molecule has 1 aromatic heterocycles. The van der Waals surface area contributed by atoms with Crippen molar-refractivity contribution in [3.63, 3.8) is 0 Å². The summed E-state index contributed by atoms with van der Waals surface area (Å²) in [5.41, 5.74) is 8.46. The normalized spacial score (nSPS) is 14.4. The lowest BCUT2D eigenvalue weighted by atomic mass is 10.0. The van der Waals surface area contributed by atoms with Crippen molar-refractivity contribution in [3.05, 3.63) is 63.7 Å². The standard InChI is InChI=1S/C18H15N5O4/c19-7-8-27-22-16-11-3-1-2-4-13(11)20-17(16)15-12-9-10(23(25)26)5-6-14(12)21-18(15)24/h1-6,9,21,24H,7-8,19H2/b22-16+. The molecule has 1 aliphatic heterocycles. The number of fused-ring (bicyclic) bond motifs is 2. The molecule has 0 atom stereocenters. The van der Waals surface area contributed by atoms with Crippen LogP contribution in [0.15, 0.2) is 52.6 Å². The molecule has 9 heteroatoms. The van der Waals surface area contributed by atoms with Crippen molar-refractivity contribution in [2.45, 2.75) is 0 Å². The summed E-state index contributed by atoms with van der Waals surface area (Å²) in [4.78, 5) is 23.3. The van der Waals surface area contributed by atoms with Gasteiger partial charge in [0.2, 0.25) is 0 Å². The van der Waals surface area contributed by atoms with Crippen molar-refractivity contribution in [2.75, 3.05) is 13.2 Å². The van der Waals surface area contributed by atoms with Gasteiger partial charge in [-0.1, -0.05) is 23.4 Å². The average molecular weight is 365 g/mol. The lowest BCUT2D eigenvalue weighted by Gasteiger charge is -2.04. The van der Waals surface area contributed by atoms with E-state index in [9.17, 15) is 15.2 Å². The van der Waals surface area contributed by atoms with Crippen LogP contribution in [0.4, 0.5) is 11.4 Å². The minimum atomic E-state index is -0.488. The molecule has 0 bridgehead atoms. The van der Waals surface area contributed by atoms with Crippen LogP contribution < -0.4 is 5.73 Å². The van der Waals surface area contributed by atoms with Gasteiger partial charge in [-0.05, 0) is 12.1 Å². The van der Waals surface area contributed by atoms with Crippen molar-refractivity contribution in [3.8, 4) is 5.88 Å². The molecule has 136 valence electrons. The number of aromatic hydroxyl groups is 1. The van der Waals surface area contributed by atoms with Crippen molar-refractivity contribution >= 4 is 33.7 Å². The predicted octanol–water partition coefficient (Wildman–Crippen LogP) is 2.60. The van der Waals surface area contributed by atoms with Gasteiger partial charge in [0.25, 0.3) is 5.69 Å². The smallest absolute Gasteiger partial charge is 0.270 e. The lowest BCUT2D eigenvalue weighted by Crippen LogP contribution is -2.15. The Labute approximate surface area is 152 Å². The topological polar surface area (TPSA) is 139 Å². The Balaban J connectivity index is 1.91. The quantitative estimate of drug-likeness (QED) is 0.362. The number of aromatic amines is 1. The maximum atomic E-state index is 11.1. The van der Waals surface area contributed by atoms with Crippen LogP contribution in [0.3, 0.4) is 0 Å². The molecule has 0 amide bonds. The highest BCUT2D eigenvalue weighted by molar-refractivity contribution is 6.58. The number of hydrogen-bond acceptors (Lipinski definition) is 7. The Morgan fingerprint density at radius 1 is 1.30 bits per heavy atom. The monoisotopic (exact) mass is 365 g/mol. The van der Waals surface area contributed by atoms with E-state index in [0.29, 0.717) is 40.1 Å². The fourth-order valence-corrected chi connectivity index (χ4v) is 3.02. The number of aromatic nitrogens is 1. The first-order chi connectivity index (χ1) is 13.1. The van der Waals surface area contributed by atoms with E-state index < -0.39 is 4.92 Å². The molecular weight excluding hydrogens is 350 g/mol. The zero-order valence-corrected chi connectivity index (χ0v) is 14.0. The van der Waals surface area contributed by atoms with Gasteiger partial charge in [-0.15, -0.1) is 0 Å². The first kappa shape index (κ1) is 16.7. The van der Waals surface area contributed by atoms with Crippen LogP contribution in [-0.2, 0) is 4.84 Å². The number of H-pyrrole nitrogens is 1. The second-order valence-corrected chi connectivity index (χ2v) is 5.87. The summed E-state index contributed by atoms with van der Waals surface area (Å²) in [5.74, 6) is -0.149. The molecule has 3 aromatic rings. The third kappa shape index (κ3) is 2.79. The number of non-ortho nitro benzene ring substituents is 1. The summed E-state index contributed by atoms with van der Waals surface area (Å²) < 4.78 is 0. The Kier molecular flexibility index (Phi) is 4.05. The summed E-state index contributed by atoms with van der Waals surface area (Å²) >= 11 is 0. The molecule has 0 radical (unpaired) electrons. The van der Waals surface area contributed by atoms with Crippen LogP contribution in [0.2, 0.25) is 0 Å². The molecule has 2 heterocycles. The third-order valence-corrected chi connectivity index (χ3v) is 4.19. The van der Waals surface area contributed by atoms with E-state index in [2.05, 4.69) is 15.1 Å². The van der Waals surface area contributed by atoms with E-state index >= 15 is 0 Å². The van der Waals surface area contributed by atoms with Crippen molar-refractivity contribution < 1.29 is 14.9 Å². The number of nitrogens with two attached hydrogens (primary N) is 1. The number of oxime groups is 1. The zero-order chi connectivity index (χ0) is 19.0. The molecule has 0 saturated heterocycles. The molecule has 1 aliphatic rings. The van der Waals surface area contributed by atoms with Crippen LogP contribution in [0.1, 0.15) is 11.1 Å². The minimum Gasteiger partial charge on any atom is -0.494 e. The van der Waals surface area contributed by atoms with Gasteiger partial charge in [0, 0.05) is 35.1 Å². The van der Waals surface area contributed by atoms with E-state index in [1.165, 1.54) is 12.1 Å². The van der Waals surface area contributed by atoms with Crippen molar-refractivity contribution in [2.24, 2.45) is 15.9 Å². The molecule has 2 aromatic carbocycles. The van der Waals surface area contributed by atoms with Gasteiger partial charge < -0.3 is 20.7 Å². The molecule has 0 fully saturated rings. The Hall–Kier alpha value is -3.72. The Morgan fingerprint density at radius 3 is 2.89 bits per heavy atom. The van der Waals surface area contributed by atoms with Crippen LogP contribution in [0.25, 0.3) is 10.9 Å². The highest BCUT2D eigenvalue weighted by Crippen LogP contribution is 2.36. The molecule has 27 heavy (non-hydrogen) atoms. The molecule has 9 nitrogen and oxygen atoms in total. The van der Waals surface area contributed by atoms with Crippen molar-refractivity contribution in [1.82, 2.24) is 4.98 Å². The van der Waals surface area contributed by atoms with Crippen LogP contribution in [0, 0.1) is 10.1 Å². The molecular formula is C18H15N5O4. The summed E-state index contributed by atoms with van der Waals surface area (Å²) in [6.07, 6.45) is 0. The highest BCUT2D eigenvalue weighted by atomic mass is 16.6. The van der Waals surface area contributed by atoms with E-state index in [1.54, 1.807) is 6.07 Å². The Morgan fingerprint density at radius 2 is 2.11 bits per heavy atom. The maximum absolute atomic E-state index is 11.1. The molecule has 0 spiro atoms. The summed E-state index contributed by atoms with van der Waals surface area (Å²) in [6, 6.07) is 11.6. The van der Waals surface area contributed by atoms with Crippen LogP contribution in [0.5, 0.6) is 5.88 Å². The first-order valence-corrected chi connectivity index (χ1v) is 8.18. The number of rotatable bonds is 5. The molecule has 4 N–H and O–H groups in total. The highest BCUT2D eigenvalue weighted by Gasteiger charge is 2.29. The molecule has 0 saturated carbocycles. The van der Waals surface area contributed by atoms with Crippen LogP contribution >= 0.6 is 0 Å². The molecule has 0 aliphatic carbocycles. The van der Waals surface area contributed by atoms with E-state index in [1.807, 2.05) is 24.3 Å². The first-order valence-electron chi connectivity index (χ1n) is 8.18. The fraction of sp³-hybridized carbons (Fsp3) is 0.111. The number of benzene rings is 2. The van der Waals surface area contributed by atoms with Gasteiger partial charge in [-0.25, -0.2) is 4.99 Å². The van der Waals surface area contributed by atoms with Crippen LogP contribution in [-0.4, -0.2) is 39.6 Å². The van der Waals surface area contributed by atoms with E-state index in [4.69, 9.17) is 10.6 Å². The summed E-state index contributed by atoms with van der Waals surface area (Å²) in [6.45, 7) is 0.527. The third-order valence-electron chi connectivity index (χ3n) is 4.19. The van der Waals surface area contributed by atoms with Gasteiger partial charge in [0.05, 0.1) is 16.2 Å².